The van der Waals surface area contributed by atoms with Crippen LogP contribution in [-0.4, -0.2) is 50.0 Å². The molecule has 1 atom stereocenters. The molecule has 6 nitrogen and oxygen atoms in total. The minimum atomic E-state index is -0.555. The maximum Gasteiger partial charge on any atom is 0.259 e. The highest BCUT2D eigenvalue weighted by Gasteiger charge is 2.21. The van der Waals surface area contributed by atoms with Crippen molar-refractivity contribution in [1.29, 1.82) is 0 Å². The Labute approximate surface area is 111 Å². The first-order valence-electron chi connectivity index (χ1n) is 6.09. The van der Waals surface area contributed by atoms with Crippen molar-refractivity contribution in [1.82, 2.24) is 19.2 Å². The van der Waals surface area contributed by atoms with Gasteiger partial charge in [0.15, 0.2) is 0 Å². The lowest BCUT2D eigenvalue weighted by Crippen LogP contribution is -2.33. The zero-order valence-corrected chi connectivity index (χ0v) is 11.3. The van der Waals surface area contributed by atoms with Crippen LogP contribution in [0.4, 0.5) is 0 Å². The Hall–Kier alpha value is -2.08. The van der Waals surface area contributed by atoms with Crippen LogP contribution >= 0.6 is 0 Å². The summed E-state index contributed by atoms with van der Waals surface area (Å²) >= 11 is 0. The molecular weight excluding hydrogens is 244 g/mol. The predicted octanol–water partition coefficient (Wildman–Crippen LogP) is 0.664. The number of aryl methyl sites for hydroxylation is 1. The monoisotopic (exact) mass is 262 g/mol. The van der Waals surface area contributed by atoms with Crippen LogP contribution in [0.15, 0.2) is 30.7 Å². The number of carbonyl (C=O) groups is 1. The Morgan fingerprint density at radius 3 is 2.68 bits per heavy atom. The first-order valence-corrected chi connectivity index (χ1v) is 6.09. The maximum absolute atomic E-state index is 12.4. The van der Waals surface area contributed by atoms with E-state index in [9.17, 15) is 9.90 Å². The fraction of sp³-hybridized carbons (Fsp3) is 0.385. The fourth-order valence-electron chi connectivity index (χ4n) is 2.05. The lowest BCUT2D eigenvalue weighted by atomic mass is 10.2. The molecule has 0 aliphatic rings. The molecule has 0 aliphatic heterocycles. The van der Waals surface area contributed by atoms with Crippen LogP contribution in [0.1, 0.15) is 17.3 Å². The van der Waals surface area contributed by atoms with Crippen LogP contribution in [0.5, 0.6) is 0 Å². The van der Waals surface area contributed by atoms with Crippen molar-refractivity contribution in [3.63, 3.8) is 0 Å². The Morgan fingerprint density at radius 1 is 1.47 bits per heavy atom. The average molecular weight is 262 g/mol. The highest BCUT2D eigenvalue weighted by Crippen LogP contribution is 2.15. The number of carbonyl (C=O) groups excluding carboxylic acids is 1. The molecule has 0 fully saturated rings. The van der Waals surface area contributed by atoms with Gasteiger partial charge in [-0.2, -0.15) is 5.10 Å². The van der Waals surface area contributed by atoms with E-state index in [1.807, 2.05) is 29.1 Å². The number of aromatic nitrogens is 3. The minimum absolute atomic E-state index is 0.155. The maximum atomic E-state index is 12.4. The summed E-state index contributed by atoms with van der Waals surface area (Å²) in [6, 6.07) is 3.78. The van der Waals surface area contributed by atoms with Gasteiger partial charge in [-0.15, -0.1) is 0 Å². The third-order valence-corrected chi connectivity index (χ3v) is 2.87. The quantitative estimate of drug-likeness (QED) is 0.880. The van der Waals surface area contributed by atoms with E-state index in [1.54, 1.807) is 31.9 Å². The second-order valence-electron chi connectivity index (χ2n) is 4.63. The summed E-state index contributed by atoms with van der Waals surface area (Å²) in [4.78, 5) is 13.9. The third-order valence-electron chi connectivity index (χ3n) is 2.87. The van der Waals surface area contributed by atoms with Crippen molar-refractivity contribution in [3.8, 4) is 5.82 Å². The minimum Gasteiger partial charge on any atom is -0.392 e. The van der Waals surface area contributed by atoms with Gasteiger partial charge in [-0.05, 0) is 19.1 Å². The number of rotatable bonds is 4. The summed E-state index contributed by atoms with van der Waals surface area (Å²) < 4.78 is 3.50. The van der Waals surface area contributed by atoms with Crippen LogP contribution < -0.4 is 0 Å². The van der Waals surface area contributed by atoms with Crippen molar-refractivity contribution in [2.45, 2.75) is 13.0 Å². The molecule has 0 aromatic carbocycles. The SMILES string of the molecule is CC(O)CN(C)C(=O)c1cnn(C)c1-n1cccc1. The summed E-state index contributed by atoms with van der Waals surface area (Å²) in [6.45, 7) is 1.94. The van der Waals surface area contributed by atoms with E-state index in [4.69, 9.17) is 0 Å². The lowest BCUT2D eigenvalue weighted by molar-refractivity contribution is 0.0703. The van der Waals surface area contributed by atoms with Gasteiger partial charge in [0.2, 0.25) is 0 Å². The number of aliphatic hydroxyl groups is 1. The van der Waals surface area contributed by atoms with Crippen molar-refractivity contribution in [3.05, 3.63) is 36.3 Å². The van der Waals surface area contributed by atoms with Crippen molar-refractivity contribution >= 4 is 5.91 Å². The molecule has 0 aliphatic carbocycles. The van der Waals surface area contributed by atoms with Gasteiger partial charge in [0.05, 0.1) is 12.3 Å². The fourth-order valence-corrected chi connectivity index (χ4v) is 2.05. The van der Waals surface area contributed by atoms with Gasteiger partial charge in [-0.1, -0.05) is 0 Å². The molecule has 19 heavy (non-hydrogen) atoms. The number of aliphatic hydroxyl groups excluding tert-OH is 1. The van der Waals surface area contributed by atoms with E-state index < -0.39 is 6.10 Å². The van der Waals surface area contributed by atoms with Crippen molar-refractivity contribution in [2.24, 2.45) is 7.05 Å². The van der Waals surface area contributed by atoms with E-state index in [1.165, 1.54) is 4.90 Å². The third kappa shape index (κ3) is 2.68. The summed E-state index contributed by atoms with van der Waals surface area (Å²) in [5, 5.41) is 13.5. The number of hydrogen-bond donors (Lipinski definition) is 1. The molecule has 102 valence electrons. The molecular formula is C13H18N4O2. The van der Waals surface area contributed by atoms with E-state index in [0.717, 1.165) is 0 Å². The van der Waals surface area contributed by atoms with Gasteiger partial charge in [0, 0.05) is 33.0 Å². The number of amides is 1. The number of hydrogen-bond acceptors (Lipinski definition) is 3. The largest absolute Gasteiger partial charge is 0.392 e. The molecule has 0 saturated heterocycles. The topological polar surface area (TPSA) is 63.3 Å². The first kappa shape index (κ1) is 13.4. The smallest absolute Gasteiger partial charge is 0.259 e. The first-order chi connectivity index (χ1) is 9.00. The van der Waals surface area contributed by atoms with E-state index in [2.05, 4.69) is 5.10 Å². The molecule has 1 N–H and O–H groups in total. The number of likely N-dealkylation sites (N-methyl/N-ethyl adjacent to an activating group) is 1. The second kappa shape index (κ2) is 5.27. The summed E-state index contributed by atoms with van der Waals surface area (Å²) in [5.41, 5.74) is 0.516. The van der Waals surface area contributed by atoms with Gasteiger partial charge in [0.25, 0.3) is 5.91 Å². The van der Waals surface area contributed by atoms with Gasteiger partial charge >= 0.3 is 0 Å². The van der Waals surface area contributed by atoms with Crippen LogP contribution in [0, 0.1) is 0 Å². The Balaban J connectivity index is 2.33. The van der Waals surface area contributed by atoms with Crippen molar-refractivity contribution in [2.75, 3.05) is 13.6 Å². The molecule has 2 heterocycles. The molecule has 2 aromatic heterocycles. The standard InChI is InChI=1S/C13H18N4O2/c1-10(18)9-15(2)13(19)11-8-14-16(3)12(11)17-6-4-5-7-17/h4-8,10,18H,9H2,1-3H3. The summed E-state index contributed by atoms with van der Waals surface area (Å²) in [7, 11) is 3.46. The van der Waals surface area contributed by atoms with Crippen LogP contribution in [-0.2, 0) is 7.05 Å². The van der Waals surface area contributed by atoms with E-state index >= 15 is 0 Å². The molecule has 0 saturated carbocycles. The van der Waals surface area contributed by atoms with E-state index in [0.29, 0.717) is 17.9 Å². The Bertz CT molecular complexity index is 557. The molecule has 0 bridgehead atoms. The highest BCUT2D eigenvalue weighted by molar-refractivity contribution is 5.96. The summed E-state index contributed by atoms with van der Waals surface area (Å²) in [5.74, 6) is 0.560. The van der Waals surface area contributed by atoms with Gasteiger partial charge in [-0.3, -0.25) is 9.48 Å². The number of nitrogens with zero attached hydrogens (tertiary/aromatic N) is 4. The molecule has 2 rings (SSSR count). The molecule has 1 unspecified atom stereocenters. The zero-order chi connectivity index (χ0) is 14.0. The van der Waals surface area contributed by atoms with Crippen LogP contribution in [0.25, 0.3) is 5.82 Å². The molecule has 0 spiro atoms. The van der Waals surface area contributed by atoms with Gasteiger partial charge in [-0.25, -0.2) is 0 Å². The second-order valence-corrected chi connectivity index (χ2v) is 4.63. The molecule has 0 radical (unpaired) electrons. The van der Waals surface area contributed by atoms with Crippen LogP contribution in [0.2, 0.25) is 0 Å². The normalized spacial score (nSPS) is 12.4. The Kier molecular flexibility index (Phi) is 3.71. The molecule has 2 aromatic rings. The lowest BCUT2D eigenvalue weighted by Gasteiger charge is -2.19. The van der Waals surface area contributed by atoms with Gasteiger partial charge < -0.3 is 14.6 Å². The van der Waals surface area contributed by atoms with Crippen LogP contribution in [0.3, 0.4) is 0 Å². The highest BCUT2D eigenvalue weighted by atomic mass is 16.3. The zero-order valence-electron chi connectivity index (χ0n) is 11.3. The Morgan fingerprint density at radius 2 is 2.11 bits per heavy atom. The van der Waals surface area contributed by atoms with Crippen molar-refractivity contribution < 1.29 is 9.90 Å². The van der Waals surface area contributed by atoms with Gasteiger partial charge in [0.1, 0.15) is 11.4 Å². The molecule has 6 heteroatoms. The van der Waals surface area contributed by atoms with E-state index in [-0.39, 0.29) is 5.91 Å². The molecule has 1 amide bonds. The predicted molar refractivity (Wildman–Crippen MR) is 71.2 cm³/mol. The summed E-state index contributed by atoms with van der Waals surface area (Å²) in [6.07, 6.45) is 4.72. The average Bonchev–Trinajstić information content (AvgIpc) is 2.95.